The molecule has 1 aliphatic rings. The number of hydrogen-bond donors (Lipinski definition) is 4. The zero-order valence-corrected chi connectivity index (χ0v) is 9.44. The van der Waals surface area contributed by atoms with Crippen LogP contribution in [0.2, 0.25) is 0 Å². The van der Waals surface area contributed by atoms with Crippen LogP contribution in [0.15, 0.2) is 12.7 Å². The SMILES string of the molecule is C=CC(=O)NCC1O[C@@H](OC)[C@@H](O)[C@@H](O)[C@H]1O. The second-order valence-corrected chi connectivity index (χ2v) is 3.70. The molecule has 0 bridgehead atoms. The summed E-state index contributed by atoms with van der Waals surface area (Å²) < 4.78 is 10.0. The van der Waals surface area contributed by atoms with E-state index in [1.807, 2.05) is 0 Å². The van der Waals surface area contributed by atoms with Crippen molar-refractivity contribution < 1.29 is 29.6 Å². The number of hydrogen-bond acceptors (Lipinski definition) is 6. The van der Waals surface area contributed by atoms with Crippen LogP contribution in [0, 0.1) is 0 Å². The van der Waals surface area contributed by atoms with Crippen molar-refractivity contribution in [2.75, 3.05) is 13.7 Å². The lowest BCUT2D eigenvalue weighted by Gasteiger charge is -2.39. The van der Waals surface area contributed by atoms with Gasteiger partial charge in [-0.05, 0) is 6.08 Å². The lowest BCUT2D eigenvalue weighted by molar-refractivity contribution is -0.288. The van der Waals surface area contributed by atoms with E-state index in [9.17, 15) is 20.1 Å². The Morgan fingerprint density at radius 3 is 2.59 bits per heavy atom. The molecule has 1 amide bonds. The van der Waals surface area contributed by atoms with E-state index in [1.165, 1.54) is 7.11 Å². The molecule has 1 aliphatic heterocycles. The van der Waals surface area contributed by atoms with E-state index in [1.54, 1.807) is 0 Å². The molecule has 7 nitrogen and oxygen atoms in total. The van der Waals surface area contributed by atoms with E-state index in [-0.39, 0.29) is 6.54 Å². The van der Waals surface area contributed by atoms with Gasteiger partial charge in [0.15, 0.2) is 6.29 Å². The molecular formula is C10H17NO6. The summed E-state index contributed by atoms with van der Waals surface area (Å²) in [6, 6.07) is 0. The number of nitrogens with one attached hydrogen (secondary N) is 1. The summed E-state index contributed by atoms with van der Waals surface area (Å²) in [5, 5.41) is 31.1. The lowest BCUT2D eigenvalue weighted by Crippen LogP contribution is -2.60. The van der Waals surface area contributed by atoms with E-state index >= 15 is 0 Å². The Labute approximate surface area is 98.6 Å². The summed E-state index contributed by atoms with van der Waals surface area (Å²) in [6.07, 6.45) is -4.85. The van der Waals surface area contributed by atoms with Gasteiger partial charge in [0, 0.05) is 13.7 Å². The highest BCUT2D eigenvalue weighted by Gasteiger charge is 2.43. The van der Waals surface area contributed by atoms with Crippen molar-refractivity contribution in [2.45, 2.75) is 30.7 Å². The molecule has 1 heterocycles. The van der Waals surface area contributed by atoms with Gasteiger partial charge in [-0.2, -0.15) is 0 Å². The topological polar surface area (TPSA) is 108 Å². The van der Waals surface area contributed by atoms with Crippen LogP contribution in [-0.2, 0) is 14.3 Å². The predicted octanol–water partition coefficient (Wildman–Crippen LogP) is -2.26. The zero-order chi connectivity index (χ0) is 13.0. The Bertz CT molecular complexity index is 282. The Kier molecular flexibility index (Phi) is 5.03. The third-order valence-corrected chi connectivity index (χ3v) is 2.56. The van der Waals surface area contributed by atoms with E-state index in [0.29, 0.717) is 0 Å². The summed E-state index contributed by atoms with van der Waals surface area (Å²) in [7, 11) is 1.30. The molecule has 0 aromatic heterocycles. The van der Waals surface area contributed by atoms with Gasteiger partial charge in [0.25, 0.3) is 0 Å². The van der Waals surface area contributed by atoms with Crippen LogP contribution in [0.5, 0.6) is 0 Å². The molecule has 4 N–H and O–H groups in total. The van der Waals surface area contributed by atoms with E-state index < -0.39 is 36.6 Å². The molecule has 5 atom stereocenters. The maximum absolute atomic E-state index is 10.9. The van der Waals surface area contributed by atoms with Gasteiger partial charge < -0.3 is 30.1 Å². The maximum Gasteiger partial charge on any atom is 0.243 e. The van der Waals surface area contributed by atoms with E-state index in [2.05, 4.69) is 11.9 Å². The molecule has 1 saturated heterocycles. The second kappa shape index (κ2) is 6.08. The third-order valence-electron chi connectivity index (χ3n) is 2.56. The Morgan fingerprint density at radius 2 is 2.06 bits per heavy atom. The quantitative estimate of drug-likeness (QED) is 0.418. The van der Waals surface area contributed by atoms with Gasteiger partial charge in [-0.3, -0.25) is 4.79 Å². The Hall–Kier alpha value is -0.990. The molecule has 17 heavy (non-hydrogen) atoms. The minimum absolute atomic E-state index is 0.0182. The zero-order valence-electron chi connectivity index (χ0n) is 9.44. The van der Waals surface area contributed by atoms with Crippen molar-refractivity contribution in [3.05, 3.63) is 12.7 Å². The summed E-state index contributed by atoms with van der Waals surface area (Å²) >= 11 is 0. The van der Waals surface area contributed by atoms with Crippen LogP contribution < -0.4 is 5.32 Å². The van der Waals surface area contributed by atoms with Crippen molar-refractivity contribution in [1.29, 1.82) is 0 Å². The number of methoxy groups -OCH3 is 1. The summed E-state index contributed by atoms with van der Waals surface area (Å²) in [6.45, 7) is 3.25. The monoisotopic (exact) mass is 247 g/mol. The molecule has 0 aromatic carbocycles. The number of ether oxygens (including phenoxy) is 2. The number of rotatable bonds is 4. The van der Waals surface area contributed by atoms with Gasteiger partial charge in [-0.15, -0.1) is 0 Å². The fourth-order valence-corrected chi connectivity index (χ4v) is 1.55. The van der Waals surface area contributed by atoms with Gasteiger partial charge in [0.2, 0.25) is 5.91 Å². The lowest BCUT2D eigenvalue weighted by atomic mass is 9.99. The molecule has 7 heteroatoms. The number of carbonyl (C=O) groups excluding carboxylic acids is 1. The van der Waals surface area contributed by atoms with Crippen LogP contribution in [0.1, 0.15) is 0 Å². The molecule has 0 spiro atoms. The first kappa shape index (κ1) is 14.1. The molecule has 0 aromatic rings. The number of amides is 1. The van der Waals surface area contributed by atoms with Crippen LogP contribution >= 0.6 is 0 Å². The van der Waals surface area contributed by atoms with Crippen molar-refractivity contribution in [3.63, 3.8) is 0 Å². The molecular weight excluding hydrogens is 230 g/mol. The van der Waals surface area contributed by atoms with Crippen molar-refractivity contribution in [3.8, 4) is 0 Å². The smallest absolute Gasteiger partial charge is 0.243 e. The van der Waals surface area contributed by atoms with Gasteiger partial charge >= 0.3 is 0 Å². The van der Waals surface area contributed by atoms with Gasteiger partial charge in [0.1, 0.15) is 24.4 Å². The molecule has 0 radical (unpaired) electrons. The first-order valence-electron chi connectivity index (χ1n) is 5.14. The van der Waals surface area contributed by atoms with Crippen LogP contribution in [0.4, 0.5) is 0 Å². The molecule has 98 valence electrons. The van der Waals surface area contributed by atoms with Crippen molar-refractivity contribution in [2.24, 2.45) is 0 Å². The Balaban J connectivity index is 2.59. The number of aliphatic hydroxyl groups is 3. The number of carbonyl (C=O) groups is 1. The van der Waals surface area contributed by atoms with Gasteiger partial charge in [-0.25, -0.2) is 0 Å². The first-order chi connectivity index (χ1) is 8.01. The molecule has 0 saturated carbocycles. The van der Waals surface area contributed by atoms with E-state index in [0.717, 1.165) is 6.08 Å². The highest BCUT2D eigenvalue weighted by Crippen LogP contribution is 2.21. The normalized spacial score (nSPS) is 37.5. The Morgan fingerprint density at radius 1 is 1.41 bits per heavy atom. The molecule has 0 aliphatic carbocycles. The first-order valence-corrected chi connectivity index (χ1v) is 5.14. The van der Waals surface area contributed by atoms with Crippen LogP contribution in [-0.4, -0.2) is 65.6 Å². The fourth-order valence-electron chi connectivity index (χ4n) is 1.55. The average Bonchev–Trinajstić information content (AvgIpc) is 2.34. The highest BCUT2D eigenvalue weighted by atomic mass is 16.7. The maximum atomic E-state index is 10.9. The minimum Gasteiger partial charge on any atom is -0.388 e. The second-order valence-electron chi connectivity index (χ2n) is 3.70. The predicted molar refractivity (Wildman–Crippen MR) is 56.9 cm³/mol. The molecule has 1 fully saturated rings. The van der Waals surface area contributed by atoms with Crippen molar-refractivity contribution in [1.82, 2.24) is 5.32 Å². The van der Waals surface area contributed by atoms with Crippen LogP contribution in [0.25, 0.3) is 0 Å². The van der Waals surface area contributed by atoms with Crippen molar-refractivity contribution >= 4 is 5.91 Å². The standard InChI is InChI=1S/C10H17NO6/c1-3-6(12)11-4-5-7(13)8(14)9(15)10(16-2)17-5/h3,5,7-10,13-15H,1,4H2,2H3,(H,11,12)/t5?,7-,8-,9-,10+/m0/s1. The molecule has 1 unspecified atom stereocenters. The number of aliphatic hydroxyl groups excluding tert-OH is 3. The minimum atomic E-state index is -1.39. The fraction of sp³-hybridized carbons (Fsp3) is 0.700. The van der Waals surface area contributed by atoms with Gasteiger partial charge in [0.05, 0.1) is 0 Å². The van der Waals surface area contributed by atoms with Gasteiger partial charge in [-0.1, -0.05) is 6.58 Å². The molecule has 1 rings (SSSR count). The largest absolute Gasteiger partial charge is 0.388 e. The summed E-state index contributed by atoms with van der Waals surface area (Å²) in [5.41, 5.74) is 0. The van der Waals surface area contributed by atoms with Crippen LogP contribution in [0.3, 0.4) is 0 Å². The summed E-state index contributed by atoms with van der Waals surface area (Å²) in [4.78, 5) is 10.9. The summed E-state index contributed by atoms with van der Waals surface area (Å²) in [5.74, 6) is -0.421. The third kappa shape index (κ3) is 3.24. The van der Waals surface area contributed by atoms with E-state index in [4.69, 9.17) is 9.47 Å². The average molecular weight is 247 g/mol. The highest BCUT2D eigenvalue weighted by molar-refractivity contribution is 5.86.